The molecule has 0 radical (unpaired) electrons. The van der Waals surface area contributed by atoms with E-state index in [2.05, 4.69) is 15.9 Å². The van der Waals surface area contributed by atoms with E-state index < -0.39 is 5.97 Å². The van der Waals surface area contributed by atoms with Crippen molar-refractivity contribution in [1.29, 1.82) is 0 Å². The van der Waals surface area contributed by atoms with Crippen LogP contribution in [-0.2, 0) is 11.2 Å². The van der Waals surface area contributed by atoms with Gasteiger partial charge in [-0.2, -0.15) is 0 Å². The van der Waals surface area contributed by atoms with E-state index in [1.54, 1.807) is 6.07 Å². The highest BCUT2D eigenvalue weighted by Crippen LogP contribution is 2.34. The molecule has 6 heteroatoms. The summed E-state index contributed by atoms with van der Waals surface area (Å²) in [7, 11) is 0. The highest BCUT2D eigenvalue weighted by Gasteiger charge is 2.16. The van der Waals surface area contributed by atoms with Gasteiger partial charge in [0.15, 0.2) is 0 Å². The first-order chi connectivity index (χ1) is 12.0. The van der Waals surface area contributed by atoms with E-state index >= 15 is 0 Å². The summed E-state index contributed by atoms with van der Waals surface area (Å²) >= 11 is 16.0. The van der Waals surface area contributed by atoms with Crippen molar-refractivity contribution in [3.05, 3.63) is 74.8 Å². The minimum absolute atomic E-state index is 0.0436. The molecule has 128 valence electrons. The van der Waals surface area contributed by atoms with Gasteiger partial charge in [-0.3, -0.25) is 4.79 Å². The van der Waals surface area contributed by atoms with Crippen molar-refractivity contribution in [1.82, 2.24) is 4.57 Å². The normalized spacial score (nSPS) is 10.8. The van der Waals surface area contributed by atoms with Crippen LogP contribution in [0, 0.1) is 0 Å². The number of carboxylic acids is 1. The second kappa shape index (κ2) is 7.65. The fourth-order valence-electron chi connectivity index (χ4n) is 2.70. The molecule has 0 saturated heterocycles. The lowest BCUT2D eigenvalue weighted by Gasteiger charge is -2.16. The van der Waals surface area contributed by atoms with E-state index in [0.717, 1.165) is 27.1 Å². The third-order valence-corrected chi connectivity index (χ3v) is 5.21. The van der Waals surface area contributed by atoms with Crippen LogP contribution in [-0.4, -0.2) is 15.6 Å². The molecular weight excluding hydrogens is 425 g/mol. The minimum atomic E-state index is -0.838. The molecule has 3 nitrogen and oxygen atoms in total. The van der Waals surface area contributed by atoms with Gasteiger partial charge in [0.05, 0.1) is 27.8 Å². The minimum Gasteiger partial charge on any atom is -0.481 e. The lowest BCUT2D eigenvalue weighted by atomic mass is 10.1. The van der Waals surface area contributed by atoms with Crippen LogP contribution in [0.5, 0.6) is 0 Å². The number of carboxylic acid groups (broad SMARTS) is 1. The van der Waals surface area contributed by atoms with Crippen LogP contribution < -0.4 is 0 Å². The van der Waals surface area contributed by atoms with Crippen molar-refractivity contribution in [2.45, 2.75) is 12.8 Å². The third kappa shape index (κ3) is 3.92. The Labute approximate surface area is 163 Å². The number of hydrogen-bond acceptors (Lipinski definition) is 1. The average molecular weight is 439 g/mol. The van der Waals surface area contributed by atoms with Crippen LogP contribution >= 0.6 is 39.1 Å². The van der Waals surface area contributed by atoms with E-state index in [4.69, 9.17) is 28.3 Å². The van der Waals surface area contributed by atoms with Gasteiger partial charge in [-0.1, -0.05) is 57.3 Å². The van der Waals surface area contributed by atoms with E-state index in [9.17, 15) is 4.79 Å². The van der Waals surface area contributed by atoms with Gasteiger partial charge in [-0.05, 0) is 48.4 Å². The Morgan fingerprint density at radius 1 is 1.04 bits per heavy atom. The molecule has 0 bridgehead atoms. The average Bonchev–Trinajstić information content (AvgIpc) is 3.00. The highest BCUT2D eigenvalue weighted by atomic mass is 79.9. The van der Waals surface area contributed by atoms with Crippen molar-refractivity contribution in [2.24, 2.45) is 0 Å². The maximum Gasteiger partial charge on any atom is 0.303 e. The molecule has 2 aromatic carbocycles. The van der Waals surface area contributed by atoms with Crippen LogP contribution in [0.3, 0.4) is 0 Å². The topological polar surface area (TPSA) is 42.2 Å². The number of carbonyl (C=O) groups is 1. The first-order valence-corrected chi connectivity index (χ1v) is 9.15. The summed E-state index contributed by atoms with van der Waals surface area (Å²) in [6.45, 7) is 0. The molecule has 0 aliphatic heterocycles. The maximum atomic E-state index is 11.0. The summed E-state index contributed by atoms with van der Waals surface area (Å²) in [5, 5.41) is 9.93. The van der Waals surface area contributed by atoms with Crippen LogP contribution in [0.2, 0.25) is 10.0 Å². The first-order valence-electron chi connectivity index (χ1n) is 7.60. The third-order valence-electron chi connectivity index (χ3n) is 3.87. The number of aryl methyl sites for hydroxylation is 1. The van der Waals surface area contributed by atoms with Gasteiger partial charge in [-0.25, -0.2) is 0 Å². The van der Waals surface area contributed by atoms with Gasteiger partial charge in [0.25, 0.3) is 0 Å². The summed E-state index contributed by atoms with van der Waals surface area (Å²) < 4.78 is 2.96. The molecule has 25 heavy (non-hydrogen) atoms. The van der Waals surface area contributed by atoms with Crippen LogP contribution in [0.4, 0.5) is 0 Å². The summed E-state index contributed by atoms with van der Waals surface area (Å²) in [5.74, 6) is -0.838. The lowest BCUT2D eigenvalue weighted by molar-refractivity contribution is -0.136. The van der Waals surface area contributed by atoms with Crippen LogP contribution in [0.25, 0.3) is 16.9 Å². The van der Waals surface area contributed by atoms with E-state index in [1.807, 2.05) is 53.1 Å². The van der Waals surface area contributed by atoms with Gasteiger partial charge < -0.3 is 9.67 Å². The number of rotatable bonds is 5. The predicted molar refractivity (Wildman–Crippen MR) is 105 cm³/mol. The number of nitrogens with zero attached hydrogens (tertiary/aromatic N) is 1. The molecule has 3 rings (SSSR count). The predicted octanol–water partition coefficient (Wildman–Crippen LogP) is 6.23. The molecule has 1 aromatic heterocycles. The second-order valence-corrected chi connectivity index (χ2v) is 7.22. The zero-order valence-corrected chi connectivity index (χ0v) is 16.1. The first kappa shape index (κ1) is 18.1. The zero-order valence-electron chi connectivity index (χ0n) is 13.0. The molecule has 0 aliphatic carbocycles. The molecule has 0 saturated carbocycles. The Morgan fingerprint density at radius 3 is 2.44 bits per heavy atom. The Morgan fingerprint density at radius 2 is 1.76 bits per heavy atom. The Kier molecular flexibility index (Phi) is 5.52. The maximum absolute atomic E-state index is 11.0. The molecule has 1 N–H and O–H groups in total. The van der Waals surface area contributed by atoms with E-state index in [1.165, 1.54) is 0 Å². The van der Waals surface area contributed by atoms with Crippen molar-refractivity contribution in [3.8, 4) is 16.9 Å². The molecule has 1 heterocycles. The lowest BCUT2D eigenvalue weighted by Crippen LogP contribution is -2.06. The van der Waals surface area contributed by atoms with Crippen molar-refractivity contribution < 1.29 is 9.90 Å². The Bertz CT molecular complexity index is 920. The van der Waals surface area contributed by atoms with Crippen molar-refractivity contribution in [3.63, 3.8) is 0 Å². The number of aromatic nitrogens is 1. The SMILES string of the molecule is O=C(O)CCc1ccc(-c2ccc(Br)cc2)n1-c1cccc(Cl)c1Cl. The number of benzene rings is 2. The van der Waals surface area contributed by atoms with Crippen molar-refractivity contribution >= 4 is 45.1 Å². The standard InChI is InChI=1S/C19H14BrCl2NO2/c20-13-6-4-12(5-7-13)16-10-8-14(9-11-18(24)25)23(16)17-3-1-2-15(21)19(17)22/h1-8,10H,9,11H2,(H,24,25). The molecule has 0 unspecified atom stereocenters. The smallest absolute Gasteiger partial charge is 0.303 e. The highest BCUT2D eigenvalue weighted by molar-refractivity contribution is 9.10. The monoisotopic (exact) mass is 437 g/mol. The van der Waals surface area contributed by atoms with Crippen molar-refractivity contribution in [2.75, 3.05) is 0 Å². The van der Waals surface area contributed by atoms with Crippen LogP contribution in [0.15, 0.2) is 59.1 Å². The molecule has 0 aliphatic rings. The molecule has 0 atom stereocenters. The number of hydrogen-bond donors (Lipinski definition) is 1. The Hall–Kier alpha value is -1.75. The molecule has 0 amide bonds. The number of halogens is 3. The summed E-state index contributed by atoms with van der Waals surface area (Å²) in [6.07, 6.45) is 0.441. The molecular formula is C19H14BrCl2NO2. The zero-order chi connectivity index (χ0) is 18.0. The molecule has 0 fully saturated rings. The summed E-state index contributed by atoms with van der Waals surface area (Å²) in [6, 6.07) is 17.2. The fourth-order valence-corrected chi connectivity index (χ4v) is 3.35. The quantitative estimate of drug-likeness (QED) is 0.512. The fraction of sp³-hybridized carbons (Fsp3) is 0.105. The van der Waals surface area contributed by atoms with Gasteiger partial charge >= 0.3 is 5.97 Å². The van der Waals surface area contributed by atoms with Gasteiger partial charge in [0.1, 0.15) is 0 Å². The Balaban J connectivity index is 2.17. The molecule has 3 aromatic rings. The summed E-state index contributed by atoms with van der Waals surface area (Å²) in [5.41, 5.74) is 3.53. The van der Waals surface area contributed by atoms with E-state index in [0.29, 0.717) is 16.5 Å². The second-order valence-electron chi connectivity index (χ2n) is 5.52. The largest absolute Gasteiger partial charge is 0.481 e. The van der Waals surface area contributed by atoms with Gasteiger partial charge in [0, 0.05) is 10.2 Å². The summed E-state index contributed by atoms with van der Waals surface area (Å²) in [4.78, 5) is 11.0. The molecule has 0 spiro atoms. The van der Waals surface area contributed by atoms with Gasteiger partial charge in [-0.15, -0.1) is 0 Å². The number of aliphatic carboxylic acids is 1. The van der Waals surface area contributed by atoms with E-state index in [-0.39, 0.29) is 6.42 Å². The van der Waals surface area contributed by atoms with Gasteiger partial charge in [0.2, 0.25) is 0 Å². The van der Waals surface area contributed by atoms with Crippen LogP contribution in [0.1, 0.15) is 12.1 Å².